The van der Waals surface area contributed by atoms with E-state index in [4.69, 9.17) is 0 Å². The molecule has 2 atom stereocenters. The lowest BCUT2D eigenvalue weighted by molar-refractivity contribution is -0.139. The van der Waals surface area contributed by atoms with E-state index in [1.54, 1.807) is 0 Å². The average molecular weight is 307 g/mol. The van der Waals surface area contributed by atoms with E-state index in [1.165, 1.54) is 4.90 Å². The molecule has 1 fully saturated rings. The summed E-state index contributed by atoms with van der Waals surface area (Å²) in [5, 5.41) is 0. The molecule has 2 unspecified atom stereocenters. The number of likely N-dealkylation sites (tertiary alicyclic amines) is 1. The van der Waals surface area contributed by atoms with Crippen molar-refractivity contribution in [2.24, 2.45) is 0 Å². The van der Waals surface area contributed by atoms with Crippen LogP contribution in [0.25, 0.3) is 0 Å². The van der Waals surface area contributed by atoms with Gasteiger partial charge in [-0.25, -0.2) is 0 Å². The third-order valence-electron chi connectivity index (χ3n) is 4.45. The zero-order chi connectivity index (χ0) is 16.2. The summed E-state index contributed by atoms with van der Waals surface area (Å²) in [5.41, 5.74) is 1.83. The van der Waals surface area contributed by atoms with Crippen molar-refractivity contribution in [1.29, 1.82) is 0 Å². The molecule has 0 aliphatic carbocycles. The lowest BCUT2D eigenvalue weighted by atomic mass is 9.83. The van der Waals surface area contributed by atoms with Crippen LogP contribution < -0.4 is 0 Å². The third-order valence-corrected chi connectivity index (χ3v) is 4.45. The van der Waals surface area contributed by atoms with Gasteiger partial charge in [-0.15, -0.1) is 0 Å². The standard InChI is InChI=1S/C20H21NO2/c1-2-3-14-21-19(22)17(15-10-6-4-7-11-15)18(20(21)23)16-12-8-5-9-13-16/h4-13,17-18H,2-3,14H2,1H3. The van der Waals surface area contributed by atoms with Gasteiger partial charge < -0.3 is 0 Å². The highest BCUT2D eigenvalue weighted by molar-refractivity contribution is 6.10. The van der Waals surface area contributed by atoms with E-state index in [2.05, 4.69) is 6.92 Å². The Kier molecular flexibility index (Phi) is 4.56. The van der Waals surface area contributed by atoms with Gasteiger partial charge >= 0.3 is 0 Å². The molecule has 3 nitrogen and oxygen atoms in total. The van der Waals surface area contributed by atoms with E-state index >= 15 is 0 Å². The highest BCUT2D eigenvalue weighted by atomic mass is 16.2. The molecule has 1 aliphatic heterocycles. The summed E-state index contributed by atoms with van der Waals surface area (Å²) in [6, 6.07) is 19.3. The second-order valence-corrected chi connectivity index (χ2v) is 5.96. The summed E-state index contributed by atoms with van der Waals surface area (Å²) in [7, 11) is 0. The molecule has 0 radical (unpaired) electrons. The van der Waals surface area contributed by atoms with Crippen LogP contribution in [0.5, 0.6) is 0 Å². The van der Waals surface area contributed by atoms with E-state index in [-0.39, 0.29) is 11.8 Å². The molecule has 0 saturated carbocycles. The number of unbranched alkanes of at least 4 members (excludes halogenated alkanes) is 1. The van der Waals surface area contributed by atoms with E-state index in [0.717, 1.165) is 24.0 Å². The topological polar surface area (TPSA) is 37.4 Å². The van der Waals surface area contributed by atoms with Gasteiger partial charge in [0.15, 0.2) is 0 Å². The van der Waals surface area contributed by atoms with Gasteiger partial charge in [-0.3, -0.25) is 14.5 Å². The van der Waals surface area contributed by atoms with Crippen molar-refractivity contribution < 1.29 is 9.59 Å². The summed E-state index contributed by atoms with van der Waals surface area (Å²) >= 11 is 0. The fraction of sp³-hybridized carbons (Fsp3) is 0.300. The van der Waals surface area contributed by atoms with Crippen LogP contribution in [0.1, 0.15) is 42.7 Å². The van der Waals surface area contributed by atoms with Gasteiger partial charge in [-0.1, -0.05) is 74.0 Å². The van der Waals surface area contributed by atoms with Crippen molar-refractivity contribution in [1.82, 2.24) is 4.90 Å². The molecule has 2 amide bonds. The van der Waals surface area contributed by atoms with Crippen molar-refractivity contribution in [2.45, 2.75) is 31.6 Å². The van der Waals surface area contributed by atoms with Crippen molar-refractivity contribution in [3.05, 3.63) is 71.8 Å². The number of nitrogens with zero attached hydrogens (tertiary/aromatic N) is 1. The van der Waals surface area contributed by atoms with Gasteiger partial charge in [0, 0.05) is 6.54 Å². The third kappa shape index (κ3) is 2.91. The van der Waals surface area contributed by atoms with Crippen LogP contribution in [-0.2, 0) is 9.59 Å². The number of carbonyl (C=O) groups excluding carboxylic acids is 2. The first-order valence-corrected chi connectivity index (χ1v) is 8.19. The maximum Gasteiger partial charge on any atom is 0.237 e. The number of hydrogen-bond donors (Lipinski definition) is 0. The summed E-state index contributed by atoms with van der Waals surface area (Å²) in [5.74, 6) is -0.960. The van der Waals surface area contributed by atoms with Crippen LogP contribution in [0, 0.1) is 0 Å². The van der Waals surface area contributed by atoms with Gasteiger partial charge in [0.05, 0.1) is 11.8 Å². The monoisotopic (exact) mass is 307 g/mol. The van der Waals surface area contributed by atoms with Crippen molar-refractivity contribution in [3.8, 4) is 0 Å². The first-order valence-electron chi connectivity index (χ1n) is 8.19. The molecule has 1 aliphatic rings. The van der Waals surface area contributed by atoms with Gasteiger partial charge in [-0.05, 0) is 17.5 Å². The Hall–Kier alpha value is -2.42. The molecular formula is C20H21NO2. The Morgan fingerprint density at radius 3 is 1.61 bits per heavy atom. The second kappa shape index (κ2) is 6.78. The molecule has 0 N–H and O–H groups in total. The minimum atomic E-state index is -0.414. The summed E-state index contributed by atoms with van der Waals surface area (Å²) < 4.78 is 0. The summed E-state index contributed by atoms with van der Waals surface area (Å²) in [6.45, 7) is 2.58. The smallest absolute Gasteiger partial charge is 0.237 e. The molecule has 3 heteroatoms. The maximum absolute atomic E-state index is 12.9. The zero-order valence-corrected chi connectivity index (χ0v) is 13.3. The Bertz CT molecular complexity index is 624. The van der Waals surface area contributed by atoms with Gasteiger partial charge in [-0.2, -0.15) is 0 Å². The summed E-state index contributed by atoms with van der Waals surface area (Å²) in [6.07, 6.45) is 1.81. The predicted octanol–water partition coefficient (Wildman–Crippen LogP) is 3.72. The van der Waals surface area contributed by atoms with Crippen molar-refractivity contribution in [2.75, 3.05) is 6.54 Å². The molecule has 1 heterocycles. The molecule has 0 spiro atoms. The highest BCUT2D eigenvalue weighted by Gasteiger charge is 2.48. The molecule has 23 heavy (non-hydrogen) atoms. The fourth-order valence-electron chi connectivity index (χ4n) is 3.26. The normalized spacial score (nSPS) is 21.0. The van der Waals surface area contributed by atoms with E-state index in [9.17, 15) is 9.59 Å². The molecule has 0 bridgehead atoms. The van der Waals surface area contributed by atoms with Crippen LogP contribution >= 0.6 is 0 Å². The fourth-order valence-corrected chi connectivity index (χ4v) is 3.26. The number of benzene rings is 2. The molecule has 3 rings (SSSR count). The van der Waals surface area contributed by atoms with Crippen LogP contribution in [0.2, 0.25) is 0 Å². The van der Waals surface area contributed by atoms with Crippen LogP contribution in [0.4, 0.5) is 0 Å². The van der Waals surface area contributed by atoms with Gasteiger partial charge in [0.2, 0.25) is 11.8 Å². The van der Waals surface area contributed by atoms with Crippen LogP contribution in [-0.4, -0.2) is 23.3 Å². The van der Waals surface area contributed by atoms with E-state index < -0.39 is 11.8 Å². The lowest BCUT2D eigenvalue weighted by Crippen LogP contribution is -2.31. The Balaban J connectivity index is 2.02. The zero-order valence-electron chi connectivity index (χ0n) is 13.3. The first-order chi connectivity index (χ1) is 11.2. The number of amides is 2. The number of imide groups is 1. The Labute approximate surface area is 136 Å². The van der Waals surface area contributed by atoms with Gasteiger partial charge in [0.1, 0.15) is 0 Å². The van der Waals surface area contributed by atoms with Crippen LogP contribution in [0.15, 0.2) is 60.7 Å². The van der Waals surface area contributed by atoms with E-state index in [1.807, 2.05) is 60.7 Å². The quantitative estimate of drug-likeness (QED) is 0.789. The Morgan fingerprint density at radius 2 is 1.22 bits per heavy atom. The largest absolute Gasteiger partial charge is 0.282 e. The molecule has 2 aromatic carbocycles. The predicted molar refractivity (Wildman–Crippen MR) is 90.0 cm³/mol. The Morgan fingerprint density at radius 1 is 0.783 bits per heavy atom. The molecule has 2 aromatic rings. The lowest BCUT2D eigenvalue weighted by Gasteiger charge is -2.15. The number of hydrogen-bond acceptors (Lipinski definition) is 2. The molecule has 0 aromatic heterocycles. The van der Waals surface area contributed by atoms with Crippen molar-refractivity contribution >= 4 is 11.8 Å². The first kappa shape index (κ1) is 15.5. The second-order valence-electron chi connectivity index (χ2n) is 5.96. The minimum Gasteiger partial charge on any atom is -0.282 e. The van der Waals surface area contributed by atoms with Crippen molar-refractivity contribution in [3.63, 3.8) is 0 Å². The van der Waals surface area contributed by atoms with E-state index in [0.29, 0.717) is 6.54 Å². The number of rotatable bonds is 5. The summed E-state index contributed by atoms with van der Waals surface area (Å²) in [4.78, 5) is 27.3. The van der Waals surface area contributed by atoms with Gasteiger partial charge in [0.25, 0.3) is 0 Å². The maximum atomic E-state index is 12.9. The van der Waals surface area contributed by atoms with Crippen LogP contribution in [0.3, 0.4) is 0 Å². The number of carbonyl (C=O) groups is 2. The SMILES string of the molecule is CCCCN1C(=O)C(c2ccccc2)C(c2ccccc2)C1=O. The average Bonchev–Trinajstić information content (AvgIpc) is 2.85. The molecule has 1 saturated heterocycles. The highest BCUT2D eigenvalue weighted by Crippen LogP contribution is 2.41. The minimum absolute atomic E-state index is 0.0662. The molecular weight excluding hydrogens is 286 g/mol. The molecule has 118 valence electrons.